The molecule has 0 aliphatic heterocycles. The topological polar surface area (TPSA) is 59.2 Å². The van der Waals surface area contributed by atoms with Crippen molar-refractivity contribution in [1.29, 1.82) is 0 Å². The van der Waals surface area contributed by atoms with Crippen LogP contribution in [0.25, 0.3) is 0 Å². The van der Waals surface area contributed by atoms with E-state index in [2.05, 4.69) is 4.98 Å². The fourth-order valence-electron chi connectivity index (χ4n) is 1.36. The van der Waals surface area contributed by atoms with Gasteiger partial charge in [-0.25, -0.2) is 0 Å². The van der Waals surface area contributed by atoms with Crippen molar-refractivity contribution in [2.45, 2.75) is 25.8 Å². The molecule has 1 atom stereocenters. The van der Waals surface area contributed by atoms with Gasteiger partial charge in [0, 0.05) is 37.9 Å². The maximum atomic E-state index is 11.8. The van der Waals surface area contributed by atoms with Gasteiger partial charge in [0.05, 0.1) is 0 Å². The molecule has 4 nitrogen and oxygen atoms in total. The molecule has 1 aromatic rings. The number of hydrogen-bond acceptors (Lipinski definition) is 3. The van der Waals surface area contributed by atoms with Gasteiger partial charge >= 0.3 is 0 Å². The third kappa shape index (κ3) is 3.62. The van der Waals surface area contributed by atoms with Gasteiger partial charge < -0.3 is 10.6 Å². The predicted octanol–water partition coefficient (Wildman–Crippen LogP) is 0.820. The maximum absolute atomic E-state index is 11.8. The predicted molar refractivity (Wildman–Crippen MR) is 63.8 cm³/mol. The van der Waals surface area contributed by atoms with Gasteiger partial charge in [0.1, 0.15) is 0 Å². The molecule has 88 valence electrons. The van der Waals surface area contributed by atoms with Crippen LogP contribution in [-0.2, 0) is 11.2 Å². The molecule has 0 aliphatic carbocycles. The van der Waals surface area contributed by atoms with Crippen LogP contribution in [0.3, 0.4) is 0 Å². The third-order valence-corrected chi connectivity index (χ3v) is 2.72. The zero-order valence-electron chi connectivity index (χ0n) is 9.89. The van der Waals surface area contributed by atoms with E-state index < -0.39 is 0 Å². The highest BCUT2D eigenvalue weighted by molar-refractivity contribution is 5.76. The number of rotatable bonds is 5. The van der Waals surface area contributed by atoms with Gasteiger partial charge in [0.15, 0.2) is 0 Å². The van der Waals surface area contributed by atoms with Crippen molar-refractivity contribution in [2.75, 3.05) is 13.6 Å². The van der Waals surface area contributed by atoms with Crippen LogP contribution in [0.4, 0.5) is 0 Å². The normalized spacial score (nSPS) is 12.2. The van der Waals surface area contributed by atoms with Crippen LogP contribution in [0.15, 0.2) is 24.4 Å². The summed E-state index contributed by atoms with van der Waals surface area (Å²) >= 11 is 0. The van der Waals surface area contributed by atoms with E-state index in [9.17, 15) is 4.79 Å². The molecule has 0 aromatic carbocycles. The van der Waals surface area contributed by atoms with E-state index in [-0.39, 0.29) is 11.9 Å². The van der Waals surface area contributed by atoms with E-state index in [1.807, 2.05) is 25.1 Å². The molecule has 1 heterocycles. The zero-order valence-corrected chi connectivity index (χ0v) is 9.89. The molecule has 4 heteroatoms. The first-order chi connectivity index (χ1) is 7.65. The Hall–Kier alpha value is -1.42. The smallest absolute Gasteiger partial charge is 0.222 e. The summed E-state index contributed by atoms with van der Waals surface area (Å²) in [7, 11) is 1.79. The number of aryl methyl sites for hydroxylation is 1. The van der Waals surface area contributed by atoms with Crippen molar-refractivity contribution in [2.24, 2.45) is 5.73 Å². The van der Waals surface area contributed by atoms with Gasteiger partial charge in [-0.15, -0.1) is 0 Å². The Bertz CT molecular complexity index is 326. The monoisotopic (exact) mass is 221 g/mol. The summed E-state index contributed by atoms with van der Waals surface area (Å²) in [4.78, 5) is 17.6. The Morgan fingerprint density at radius 1 is 1.56 bits per heavy atom. The third-order valence-electron chi connectivity index (χ3n) is 2.72. The van der Waals surface area contributed by atoms with Gasteiger partial charge in [-0.2, -0.15) is 0 Å². The Balaban J connectivity index is 2.41. The van der Waals surface area contributed by atoms with Crippen molar-refractivity contribution in [3.63, 3.8) is 0 Å². The lowest BCUT2D eigenvalue weighted by atomic mass is 10.2. The lowest BCUT2D eigenvalue weighted by molar-refractivity contribution is -0.131. The Morgan fingerprint density at radius 2 is 2.31 bits per heavy atom. The van der Waals surface area contributed by atoms with E-state index in [1.165, 1.54) is 0 Å². The van der Waals surface area contributed by atoms with E-state index in [0.717, 1.165) is 5.69 Å². The van der Waals surface area contributed by atoms with Crippen LogP contribution in [0.1, 0.15) is 19.0 Å². The summed E-state index contributed by atoms with van der Waals surface area (Å²) in [6.45, 7) is 2.44. The number of carbonyl (C=O) groups is 1. The Kier molecular flexibility index (Phi) is 4.92. The minimum atomic E-state index is 0.0937. The minimum absolute atomic E-state index is 0.0937. The highest BCUT2D eigenvalue weighted by Gasteiger charge is 2.13. The molecule has 0 fully saturated rings. The summed E-state index contributed by atoms with van der Waals surface area (Å²) in [5.41, 5.74) is 6.46. The SMILES string of the molecule is CC(CN)N(C)C(=O)CCc1ccccn1. The number of aromatic nitrogens is 1. The fraction of sp³-hybridized carbons (Fsp3) is 0.500. The first-order valence-corrected chi connectivity index (χ1v) is 5.50. The lowest BCUT2D eigenvalue weighted by Crippen LogP contribution is -2.39. The van der Waals surface area contributed by atoms with Gasteiger partial charge in [-0.1, -0.05) is 6.07 Å². The standard InChI is InChI=1S/C12H19N3O/c1-10(9-13)15(2)12(16)7-6-11-5-3-4-8-14-11/h3-5,8,10H,6-7,9,13H2,1-2H3. The molecule has 1 unspecified atom stereocenters. The van der Waals surface area contributed by atoms with Gasteiger partial charge in [0.25, 0.3) is 0 Å². The van der Waals surface area contributed by atoms with Gasteiger partial charge in [-0.3, -0.25) is 9.78 Å². The first kappa shape index (κ1) is 12.6. The molecule has 1 amide bonds. The highest BCUT2D eigenvalue weighted by atomic mass is 16.2. The quantitative estimate of drug-likeness (QED) is 0.800. The van der Waals surface area contributed by atoms with Crippen LogP contribution >= 0.6 is 0 Å². The van der Waals surface area contributed by atoms with Crippen molar-refractivity contribution in [1.82, 2.24) is 9.88 Å². The van der Waals surface area contributed by atoms with Crippen molar-refractivity contribution < 1.29 is 4.79 Å². The molecule has 0 saturated heterocycles. The van der Waals surface area contributed by atoms with Crippen molar-refractivity contribution in [3.8, 4) is 0 Å². The molecule has 0 aliphatic rings. The highest BCUT2D eigenvalue weighted by Crippen LogP contribution is 2.03. The number of nitrogens with zero attached hydrogens (tertiary/aromatic N) is 2. The summed E-state index contributed by atoms with van der Waals surface area (Å²) in [5.74, 6) is 0.114. The molecule has 1 aromatic heterocycles. The number of carbonyl (C=O) groups excluding carboxylic acids is 1. The Labute approximate surface area is 96.5 Å². The maximum Gasteiger partial charge on any atom is 0.222 e. The Morgan fingerprint density at radius 3 is 2.88 bits per heavy atom. The second-order valence-electron chi connectivity index (χ2n) is 3.91. The van der Waals surface area contributed by atoms with Crippen LogP contribution in [0.5, 0.6) is 0 Å². The summed E-state index contributed by atoms with van der Waals surface area (Å²) in [6.07, 6.45) is 2.91. The molecule has 1 rings (SSSR count). The van der Waals surface area contributed by atoms with E-state index in [1.54, 1.807) is 18.1 Å². The lowest BCUT2D eigenvalue weighted by Gasteiger charge is -2.23. The van der Waals surface area contributed by atoms with Crippen LogP contribution < -0.4 is 5.73 Å². The first-order valence-electron chi connectivity index (χ1n) is 5.50. The summed E-state index contributed by atoms with van der Waals surface area (Å²) in [5, 5.41) is 0. The van der Waals surface area contributed by atoms with E-state index in [0.29, 0.717) is 19.4 Å². The number of nitrogens with two attached hydrogens (primary N) is 1. The van der Waals surface area contributed by atoms with Crippen molar-refractivity contribution in [3.05, 3.63) is 30.1 Å². The zero-order chi connectivity index (χ0) is 12.0. The van der Waals surface area contributed by atoms with E-state index in [4.69, 9.17) is 5.73 Å². The molecule has 0 bridgehead atoms. The van der Waals surface area contributed by atoms with Crippen LogP contribution in [0.2, 0.25) is 0 Å². The second kappa shape index (κ2) is 6.23. The average molecular weight is 221 g/mol. The largest absolute Gasteiger partial charge is 0.342 e. The van der Waals surface area contributed by atoms with Crippen molar-refractivity contribution >= 4 is 5.91 Å². The molecule has 0 spiro atoms. The number of pyridine rings is 1. The van der Waals surface area contributed by atoms with E-state index >= 15 is 0 Å². The summed E-state index contributed by atoms with van der Waals surface area (Å²) < 4.78 is 0. The molecule has 2 N–H and O–H groups in total. The number of hydrogen-bond donors (Lipinski definition) is 1. The molecular weight excluding hydrogens is 202 g/mol. The van der Waals surface area contributed by atoms with Crippen LogP contribution in [-0.4, -0.2) is 35.4 Å². The molecular formula is C12H19N3O. The second-order valence-corrected chi connectivity index (χ2v) is 3.91. The number of amides is 1. The molecule has 16 heavy (non-hydrogen) atoms. The molecule has 0 saturated carbocycles. The van der Waals surface area contributed by atoms with Crippen LogP contribution in [0, 0.1) is 0 Å². The van der Waals surface area contributed by atoms with Gasteiger partial charge in [-0.05, 0) is 25.5 Å². The minimum Gasteiger partial charge on any atom is -0.342 e. The fourth-order valence-corrected chi connectivity index (χ4v) is 1.36. The summed E-state index contributed by atoms with van der Waals surface area (Å²) in [6, 6.07) is 5.82. The molecule has 0 radical (unpaired) electrons. The average Bonchev–Trinajstić information content (AvgIpc) is 2.35. The van der Waals surface area contributed by atoms with Gasteiger partial charge in [0.2, 0.25) is 5.91 Å². The number of likely N-dealkylation sites (N-methyl/N-ethyl adjacent to an activating group) is 1.